The molecule has 234 valence electrons. The molecule has 3 aromatic heterocycles. The van der Waals surface area contributed by atoms with Crippen molar-refractivity contribution in [1.82, 2.24) is 18.7 Å². The van der Waals surface area contributed by atoms with Crippen molar-refractivity contribution in [2.75, 3.05) is 5.75 Å². The van der Waals surface area contributed by atoms with E-state index in [4.69, 9.17) is 10.1 Å². The molecule has 0 N–H and O–H groups in total. The maximum Gasteiger partial charge on any atom is 0.269 e. The number of aromatic nitrogens is 4. The van der Waals surface area contributed by atoms with E-state index in [1.807, 2.05) is 77.7 Å². The molecule has 47 heavy (non-hydrogen) atoms. The molecule has 6 nitrogen and oxygen atoms in total. The summed E-state index contributed by atoms with van der Waals surface area (Å²) in [6.07, 6.45) is 9.51. The Balaban J connectivity index is 1.46. The summed E-state index contributed by atoms with van der Waals surface area (Å²) in [4.78, 5) is 5.94. The van der Waals surface area contributed by atoms with Gasteiger partial charge in [-0.1, -0.05) is 123 Å². The molecule has 0 aliphatic heterocycles. The lowest BCUT2D eigenvalue weighted by Crippen LogP contribution is -2.38. The average Bonchev–Trinajstić information content (AvgIpc) is 3.77. The van der Waals surface area contributed by atoms with Crippen LogP contribution >= 0.6 is 11.8 Å². The summed E-state index contributed by atoms with van der Waals surface area (Å²) < 4.78 is 31.3. The van der Waals surface area contributed by atoms with E-state index >= 15 is 0 Å². The molecule has 7 rings (SSSR count). The Bertz CT molecular complexity index is 2120. The van der Waals surface area contributed by atoms with E-state index in [-0.39, 0.29) is 4.90 Å². The molecule has 0 saturated heterocycles. The number of rotatable bonds is 11. The van der Waals surface area contributed by atoms with E-state index in [1.165, 1.54) is 3.97 Å². The highest BCUT2D eigenvalue weighted by molar-refractivity contribution is 7.99. The molecule has 0 amide bonds. The molecule has 0 fully saturated rings. The number of pyridine rings is 1. The monoisotopic (exact) mass is 654 g/mol. The zero-order chi connectivity index (χ0) is 32.3. The zero-order valence-corrected chi connectivity index (χ0v) is 27.6. The molecule has 0 radical (unpaired) electrons. The number of hydrogen-bond donors (Lipinski definition) is 0. The molecular weight excluding hydrogens is 621 g/mol. The first-order chi connectivity index (χ1) is 23.0. The van der Waals surface area contributed by atoms with Crippen molar-refractivity contribution in [2.45, 2.75) is 35.1 Å². The second-order valence-electron chi connectivity index (χ2n) is 11.4. The van der Waals surface area contributed by atoms with E-state index in [1.54, 1.807) is 48.4 Å². The Morgan fingerprint density at radius 1 is 0.723 bits per heavy atom. The third kappa shape index (κ3) is 5.58. The van der Waals surface area contributed by atoms with Gasteiger partial charge in [-0.25, -0.2) is 17.4 Å². The van der Waals surface area contributed by atoms with Gasteiger partial charge in [0.05, 0.1) is 11.1 Å². The van der Waals surface area contributed by atoms with Gasteiger partial charge in [0, 0.05) is 40.0 Å². The maximum absolute atomic E-state index is 14.0. The van der Waals surface area contributed by atoms with Gasteiger partial charge < -0.3 is 0 Å². The first-order valence-corrected chi connectivity index (χ1v) is 18.1. The number of hydrogen-bond acceptors (Lipinski definition) is 5. The molecule has 4 aromatic carbocycles. The molecule has 0 bridgehead atoms. The van der Waals surface area contributed by atoms with Gasteiger partial charge in [0.2, 0.25) is 0 Å². The maximum atomic E-state index is 14.0. The van der Waals surface area contributed by atoms with Crippen LogP contribution in [0.1, 0.15) is 36.5 Å². The third-order valence-corrected chi connectivity index (χ3v) is 11.2. The van der Waals surface area contributed by atoms with Crippen molar-refractivity contribution in [1.29, 1.82) is 0 Å². The van der Waals surface area contributed by atoms with Gasteiger partial charge in [0.1, 0.15) is 5.54 Å². The molecule has 0 aliphatic carbocycles. The lowest BCUT2D eigenvalue weighted by molar-refractivity contribution is 0.460. The van der Waals surface area contributed by atoms with Gasteiger partial charge >= 0.3 is 0 Å². The van der Waals surface area contributed by atoms with Gasteiger partial charge in [0.15, 0.2) is 5.65 Å². The number of benzene rings is 4. The van der Waals surface area contributed by atoms with Crippen LogP contribution in [0.3, 0.4) is 0 Å². The summed E-state index contributed by atoms with van der Waals surface area (Å²) >= 11 is 1.74. The highest BCUT2D eigenvalue weighted by Gasteiger charge is 2.39. The van der Waals surface area contributed by atoms with E-state index in [9.17, 15) is 8.42 Å². The lowest BCUT2D eigenvalue weighted by Gasteiger charge is -2.36. The van der Waals surface area contributed by atoms with Crippen LogP contribution < -0.4 is 0 Å². The fourth-order valence-corrected chi connectivity index (χ4v) is 8.52. The second kappa shape index (κ2) is 13.1. The van der Waals surface area contributed by atoms with Crippen molar-refractivity contribution < 1.29 is 8.42 Å². The van der Waals surface area contributed by atoms with Crippen molar-refractivity contribution in [2.24, 2.45) is 0 Å². The highest BCUT2D eigenvalue weighted by Crippen LogP contribution is 2.42. The fraction of sp³-hybridized carbons (Fsp3) is 0.128. The van der Waals surface area contributed by atoms with Crippen molar-refractivity contribution in [3.05, 3.63) is 169 Å². The van der Waals surface area contributed by atoms with Crippen LogP contribution in [0.25, 0.3) is 22.2 Å². The molecule has 0 atom stereocenters. The Hall–Kier alpha value is -4.92. The number of nitrogens with zero attached hydrogens (tertiary/aromatic N) is 4. The van der Waals surface area contributed by atoms with Crippen molar-refractivity contribution in [3.8, 4) is 11.1 Å². The average molecular weight is 655 g/mol. The number of unbranched alkanes of at least 4 members (excludes halogenated alkanes) is 1. The molecule has 3 heterocycles. The summed E-state index contributed by atoms with van der Waals surface area (Å²) in [5, 5.41) is 5.81. The van der Waals surface area contributed by atoms with Crippen LogP contribution in [-0.2, 0) is 15.6 Å². The summed E-state index contributed by atoms with van der Waals surface area (Å²) in [5.41, 5.74) is 4.29. The number of fused-ring (bicyclic) bond motifs is 1. The molecule has 8 heteroatoms. The van der Waals surface area contributed by atoms with Crippen LogP contribution in [0.5, 0.6) is 0 Å². The van der Waals surface area contributed by atoms with Crippen molar-refractivity contribution >= 4 is 32.8 Å². The fourth-order valence-electron chi connectivity index (χ4n) is 6.17. The summed E-state index contributed by atoms with van der Waals surface area (Å²) in [7, 11) is -3.92. The summed E-state index contributed by atoms with van der Waals surface area (Å²) in [5.74, 6) is 0.966. The topological polar surface area (TPSA) is 69.8 Å². The Morgan fingerprint density at radius 2 is 1.28 bits per heavy atom. The first-order valence-electron chi connectivity index (χ1n) is 15.7. The van der Waals surface area contributed by atoms with Gasteiger partial charge in [-0.05, 0) is 47.1 Å². The van der Waals surface area contributed by atoms with E-state index in [0.29, 0.717) is 5.65 Å². The van der Waals surface area contributed by atoms with Gasteiger partial charge in [-0.15, -0.1) is 11.8 Å². The summed E-state index contributed by atoms with van der Waals surface area (Å²) in [6.45, 7) is 2.17. The smallest absolute Gasteiger partial charge is 0.252 e. The quantitative estimate of drug-likeness (QED) is 0.0792. The van der Waals surface area contributed by atoms with Gasteiger partial charge in [-0.2, -0.15) is 5.10 Å². The minimum absolute atomic E-state index is 0.207. The first kappa shape index (κ1) is 30.7. The second-order valence-corrected chi connectivity index (χ2v) is 14.4. The Labute approximate surface area is 279 Å². The van der Waals surface area contributed by atoms with Crippen molar-refractivity contribution in [3.63, 3.8) is 0 Å². The summed E-state index contributed by atoms with van der Waals surface area (Å²) in [6, 6.07) is 41.7. The van der Waals surface area contributed by atoms with Crippen LogP contribution in [0.2, 0.25) is 0 Å². The molecule has 0 aliphatic rings. The van der Waals surface area contributed by atoms with Crippen LogP contribution in [0.4, 0.5) is 0 Å². The predicted octanol–water partition coefficient (Wildman–Crippen LogP) is 8.87. The van der Waals surface area contributed by atoms with Gasteiger partial charge in [0.25, 0.3) is 10.0 Å². The van der Waals surface area contributed by atoms with E-state index in [2.05, 4.69) is 49.4 Å². The van der Waals surface area contributed by atoms with Crippen LogP contribution in [0, 0.1) is 0 Å². The van der Waals surface area contributed by atoms with E-state index < -0.39 is 15.6 Å². The molecule has 7 aromatic rings. The normalized spacial score (nSPS) is 12.0. The largest absolute Gasteiger partial charge is 0.269 e. The predicted molar refractivity (Wildman–Crippen MR) is 190 cm³/mol. The SMILES string of the molecule is CCCCSc1cnc2c(c1)c(-c1cnn(C(c3ccccc3)(c3ccccc3)c3ccccc3)c1)cn2S(=O)(=O)c1ccccc1. The molecule has 0 saturated carbocycles. The minimum atomic E-state index is -3.92. The lowest BCUT2D eigenvalue weighted by atomic mass is 9.77. The van der Waals surface area contributed by atoms with Crippen LogP contribution in [0.15, 0.2) is 162 Å². The zero-order valence-electron chi connectivity index (χ0n) is 26.0. The number of thioether (sulfide) groups is 1. The van der Waals surface area contributed by atoms with E-state index in [0.717, 1.165) is 56.7 Å². The molecule has 0 spiro atoms. The third-order valence-electron chi connectivity index (χ3n) is 8.47. The van der Waals surface area contributed by atoms with Crippen LogP contribution in [-0.4, -0.2) is 32.9 Å². The minimum Gasteiger partial charge on any atom is -0.252 e. The molecular formula is C39H34N4O2S2. The highest BCUT2D eigenvalue weighted by atomic mass is 32.2. The Morgan fingerprint density at radius 3 is 1.83 bits per heavy atom. The standard InChI is InChI=1S/C39H34N4O2S2/c1-2-3-24-46-34-25-36-37(29-42(38(36)40-27-34)47(44,45)35-22-14-7-15-23-35)30-26-41-43(28-30)39(31-16-8-4-9-17-31,32-18-10-5-11-19-32)33-20-12-6-13-21-33/h4-23,25-29H,2-3,24H2,1H3. The van der Waals surface area contributed by atoms with Gasteiger partial charge in [-0.3, -0.25) is 4.68 Å². The Kier molecular flexibility index (Phi) is 8.54. The molecule has 0 unspecified atom stereocenters.